The van der Waals surface area contributed by atoms with Gasteiger partial charge in [-0.1, -0.05) is 85.0 Å². The van der Waals surface area contributed by atoms with E-state index in [0.29, 0.717) is 0 Å². The molecule has 0 amide bonds. The maximum atomic E-state index is 3.43. The molecule has 1 heteroatoms. The fraction of sp³-hybridized carbons (Fsp3) is 0.143. The second-order valence-corrected chi connectivity index (χ2v) is 7.39. The minimum Gasteiger partial charge on any atom is -0.356 e. The van der Waals surface area contributed by atoms with E-state index < -0.39 is 0 Å². The van der Waals surface area contributed by atoms with E-state index in [-0.39, 0.29) is 0 Å². The van der Waals surface area contributed by atoms with Crippen molar-refractivity contribution in [2.24, 2.45) is 0 Å². The van der Waals surface area contributed by atoms with E-state index in [4.69, 9.17) is 0 Å². The lowest BCUT2D eigenvalue weighted by Gasteiger charge is -2.16. The largest absolute Gasteiger partial charge is 0.356 e. The molecule has 0 unspecified atom stereocenters. The zero-order valence-electron chi connectivity index (χ0n) is 16.7. The van der Waals surface area contributed by atoms with Crippen molar-refractivity contribution < 1.29 is 0 Å². The number of hydrogen-bond donors (Lipinski definition) is 1. The first-order valence-corrected chi connectivity index (χ1v) is 10.4. The molecule has 1 aliphatic carbocycles. The summed E-state index contributed by atoms with van der Waals surface area (Å²) in [5, 5.41) is 3.43. The van der Waals surface area contributed by atoms with Crippen molar-refractivity contribution in [2.45, 2.75) is 25.7 Å². The number of hydrogen-bond acceptors (Lipinski definition) is 1. The number of allylic oxidation sites excluding steroid dienone is 5. The van der Waals surface area contributed by atoms with E-state index in [2.05, 4.69) is 96.4 Å². The van der Waals surface area contributed by atoms with Crippen LogP contribution in [-0.2, 0) is 0 Å². The molecule has 1 nitrogen and oxygen atoms in total. The summed E-state index contributed by atoms with van der Waals surface area (Å²) in [4.78, 5) is 0. The lowest BCUT2D eigenvalue weighted by Crippen LogP contribution is -1.95. The molecular weight excluding hydrogens is 350 g/mol. The molecule has 3 aromatic rings. The van der Waals surface area contributed by atoms with Crippen LogP contribution >= 0.6 is 0 Å². The van der Waals surface area contributed by atoms with Crippen LogP contribution in [0.1, 0.15) is 36.8 Å². The summed E-state index contributed by atoms with van der Waals surface area (Å²) in [5.41, 5.74) is 7.53. The highest BCUT2D eigenvalue weighted by Gasteiger charge is 2.10. The first-order valence-electron chi connectivity index (χ1n) is 10.4. The molecule has 0 spiro atoms. The van der Waals surface area contributed by atoms with Crippen LogP contribution in [0.3, 0.4) is 0 Å². The molecular formula is C28H27N. The van der Waals surface area contributed by atoms with Gasteiger partial charge in [0.25, 0.3) is 0 Å². The Hall–Kier alpha value is -3.32. The van der Waals surface area contributed by atoms with Gasteiger partial charge in [0.15, 0.2) is 0 Å². The third-order valence-electron chi connectivity index (χ3n) is 5.25. The Balaban J connectivity index is 1.50. The highest BCUT2D eigenvalue weighted by molar-refractivity contribution is 5.81. The van der Waals surface area contributed by atoms with Crippen LogP contribution in [-0.4, -0.2) is 0 Å². The fourth-order valence-electron chi connectivity index (χ4n) is 3.71. The summed E-state index contributed by atoms with van der Waals surface area (Å²) in [5.74, 6) is 0. The lowest BCUT2D eigenvalue weighted by molar-refractivity contribution is 0.714. The van der Waals surface area contributed by atoms with Crippen LogP contribution in [0.5, 0.6) is 0 Å². The van der Waals surface area contributed by atoms with Gasteiger partial charge in [-0.2, -0.15) is 0 Å². The molecule has 3 aromatic carbocycles. The second-order valence-electron chi connectivity index (χ2n) is 7.39. The number of benzene rings is 3. The van der Waals surface area contributed by atoms with Crippen molar-refractivity contribution in [3.63, 3.8) is 0 Å². The molecule has 0 aromatic heterocycles. The van der Waals surface area contributed by atoms with Crippen molar-refractivity contribution in [1.29, 1.82) is 0 Å². The zero-order valence-corrected chi connectivity index (χ0v) is 16.7. The number of anilines is 2. The molecule has 1 N–H and O–H groups in total. The maximum absolute atomic E-state index is 3.43. The Morgan fingerprint density at radius 1 is 0.724 bits per heavy atom. The van der Waals surface area contributed by atoms with Gasteiger partial charge in [-0.3, -0.25) is 0 Å². The van der Waals surface area contributed by atoms with Crippen LogP contribution in [0.15, 0.2) is 109 Å². The zero-order chi connectivity index (χ0) is 19.7. The maximum Gasteiger partial charge on any atom is 0.0384 e. The Morgan fingerprint density at radius 2 is 1.41 bits per heavy atom. The summed E-state index contributed by atoms with van der Waals surface area (Å²) >= 11 is 0. The molecule has 0 atom stereocenters. The van der Waals surface area contributed by atoms with Crippen LogP contribution in [0.4, 0.5) is 11.4 Å². The van der Waals surface area contributed by atoms with E-state index in [1.54, 1.807) is 0 Å². The van der Waals surface area contributed by atoms with Crippen molar-refractivity contribution in [3.05, 3.63) is 120 Å². The lowest BCUT2D eigenvalue weighted by atomic mass is 9.89. The van der Waals surface area contributed by atoms with Gasteiger partial charge in [0.2, 0.25) is 0 Å². The molecule has 0 saturated heterocycles. The molecule has 4 rings (SSSR count). The minimum absolute atomic E-state index is 1.10. The average Bonchev–Trinajstić information content (AvgIpc) is 2.80. The van der Waals surface area contributed by atoms with Crippen LogP contribution in [0.2, 0.25) is 0 Å². The van der Waals surface area contributed by atoms with Gasteiger partial charge < -0.3 is 5.32 Å². The molecule has 29 heavy (non-hydrogen) atoms. The monoisotopic (exact) mass is 377 g/mol. The summed E-state index contributed by atoms with van der Waals surface area (Å²) < 4.78 is 0. The van der Waals surface area contributed by atoms with Gasteiger partial charge in [-0.25, -0.2) is 0 Å². The first-order chi connectivity index (χ1) is 14.4. The summed E-state index contributed by atoms with van der Waals surface area (Å²) in [7, 11) is 0. The van der Waals surface area contributed by atoms with Gasteiger partial charge in [-0.05, 0) is 72.2 Å². The van der Waals surface area contributed by atoms with E-state index in [9.17, 15) is 0 Å². The predicted molar refractivity (Wildman–Crippen MR) is 126 cm³/mol. The van der Waals surface area contributed by atoms with Crippen molar-refractivity contribution in [2.75, 3.05) is 5.32 Å². The Morgan fingerprint density at radius 3 is 2.10 bits per heavy atom. The van der Waals surface area contributed by atoms with Crippen LogP contribution in [0, 0.1) is 0 Å². The standard InChI is InChI=1S/C28H27N/c1-4-12-24(13-5-1)28(25-14-6-2-7-15-25)18-10-11-23-19-21-27(22-20-23)29-26-16-8-3-9-17-26/h1,3-5,8-14,16-22,29H,2,6-7,15H2. The summed E-state index contributed by atoms with van der Waals surface area (Å²) in [6.07, 6.45) is 14.0. The van der Waals surface area contributed by atoms with Crippen LogP contribution < -0.4 is 5.32 Å². The number of para-hydroxylation sites is 1. The topological polar surface area (TPSA) is 12.0 Å². The molecule has 0 radical (unpaired) electrons. The number of nitrogens with one attached hydrogen (secondary N) is 1. The average molecular weight is 378 g/mol. The van der Waals surface area contributed by atoms with Crippen molar-refractivity contribution in [1.82, 2.24) is 0 Å². The normalized spacial score (nSPS) is 14.6. The van der Waals surface area contributed by atoms with Gasteiger partial charge in [0.05, 0.1) is 0 Å². The molecule has 0 fully saturated rings. The molecule has 0 heterocycles. The van der Waals surface area contributed by atoms with E-state index in [1.807, 2.05) is 18.2 Å². The summed E-state index contributed by atoms with van der Waals surface area (Å²) in [6.45, 7) is 0. The predicted octanol–water partition coefficient (Wildman–Crippen LogP) is 8.03. The Labute approximate surface area is 174 Å². The van der Waals surface area contributed by atoms with Gasteiger partial charge in [-0.15, -0.1) is 0 Å². The summed E-state index contributed by atoms with van der Waals surface area (Å²) in [6, 6.07) is 29.5. The molecule has 0 saturated carbocycles. The first kappa shape index (κ1) is 19.0. The smallest absolute Gasteiger partial charge is 0.0384 e. The van der Waals surface area contributed by atoms with Crippen molar-refractivity contribution in [3.8, 4) is 0 Å². The molecule has 0 aliphatic heterocycles. The van der Waals surface area contributed by atoms with Crippen molar-refractivity contribution >= 4 is 23.0 Å². The Bertz CT molecular complexity index is 993. The number of rotatable bonds is 6. The third-order valence-corrected chi connectivity index (χ3v) is 5.25. The molecule has 0 bridgehead atoms. The van der Waals surface area contributed by atoms with Crippen LogP contribution in [0.25, 0.3) is 11.6 Å². The van der Waals surface area contributed by atoms with Gasteiger partial charge >= 0.3 is 0 Å². The Kier molecular flexibility index (Phi) is 6.39. The van der Waals surface area contributed by atoms with Gasteiger partial charge in [0, 0.05) is 11.4 Å². The van der Waals surface area contributed by atoms with E-state index in [1.165, 1.54) is 48.0 Å². The fourth-order valence-corrected chi connectivity index (χ4v) is 3.71. The van der Waals surface area contributed by atoms with Gasteiger partial charge in [0.1, 0.15) is 0 Å². The quantitative estimate of drug-likeness (QED) is 0.429. The van der Waals surface area contributed by atoms with E-state index >= 15 is 0 Å². The highest BCUT2D eigenvalue weighted by Crippen LogP contribution is 2.31. The molecule has 144 valence electrons. The second kappa shape index (κ2) is 9.75. The highest BCUT2D eigenvalue weighted by atomic mass is 14.9. The SMILES string of the molecule is C(=Cc1ccc(Nc2ccccc2)cc1)C=C(C1=CCCCC1)c1ccccc1. The van der Waals surface area contributed by atoms with E-state index in [0.717, 1.165) is 11.4 Å². The molecule has 1 aliphatic rings. The minimum atomic E-state index is 1.10. The third kappa shape index (κ3) is 5.36.